The molecule has 0 bridgehead atoms. The molecule has 0 aliphatic carbocycles. The van der Waals surface area contributed by atoms with Gasteiger partial charge < -0.3 is 8.74 Å². The Hall–Kier alpha value is -0.351. The van der Waals surface area contributed by atoms with E-state index >= 15 is 0 Å². The fraction of sp³-hybridized carbons (Fsp3) is 0.600. The Morgan fingerprint density at radius 1 is 1.00 bits per heavy atom. The maximum absolute atomic E-state index is 10.4. The zero-order valence-corrected chi connectivity index (χ0v) is 13.7. The molecule has 0 heterocycles. The summed E-state index contributed by atoms with van der Waals surface area (Å²) in [7, 11) is 0. The van der Waals surface area contributed by atoms with Crippen LogP contribution in [0, 0.1) is 0 Å². The minimum atomic E-state index is -2.48. The largest absolute Gasteiger partial charge is 0.740 e. The Bertz CT molecular complexity index is 368. The second-order valence-corrected chi connectivity index (χ2v) is 5.38. The molecule has 0 aromatic heterocycles. The van der Waals surface area contributed by atoms with Crippen LogP contribution in [0.3, 0.4) is 0 Å². The summed E-state index contributed by atoms with van der Waals surface area (Å²) in [5.74, 6) is 0.372. The Morgan fingerprint density at radius 3 is 2.10 bits per heavy atom. The van der Waals surface area contributed by atoms with Crippen molar-refractivity contribution in [1.29, 1.82) is 0 Å². The van der Waals surface area contributed by atoms with Gasteiger partial charge >= 0.3 is 0 Å². The summed E-state index contributed by atoms with van der Waals surface area (Å²) in [5.41, 5.74) is 1.23. The molecule has 1 aromatic rings. The minimum Gasteiger partial charge on any atom is -0.740 e. The van der Waals surface area contributed by atoms with E-state index in [2.05, 4.69) is 11.1 Å². The molecular weight excluding hydrogens is 324 g/mol. The standard InChI is InChI=1S/C15H24O3S.Cu/c1-2-3-4-5-6-7-8-9-14-10-12-15(13-11-14)18-19(16)17;/h10-13H,2-9H2,1H3,(H,16,17);/p-1. The van der Waals surface area contributed by atoms with Crippen molar-refractivity contribution < 1.29 is 30.0 Å². The topological polar surface area (TPSA) is 49.4 Å². The van der Waals surface area contributed by atoms with Crippen LogP contribution in [0.5, 0.6) is 5.75 Å². The molecule has 0 aliphatic rings. The van der Waals surface area contributed by atoms with Crippen molar-refractivity contribution in [3.05, 3.63) is 29.8 Å². The van der Waals surface area contributed by atoms with Crippen molar-refractivity contribution in [1.82, 2.24) is 0 Å². The Balaban J connectivity index is 0.00000361. The van der Waals surface area contributed by atoms with Crippen molar-refractivity contribution in [3.63, 3.8) is 0 Å². The molecule has 0 saturated carbocycles. The van der Waals surface area contributed by atoms with Gasteiger partial charge in [-0.25, -0.2) is 4.21 Å². The second kappa shape index (κ2) is 12.4. The van der Waals surface area contributed by atoms with Crippen LogP contribution in [0.25, 0.3) is 0 Å². The Morgan fingerprint density at radius 2 is 1.55 bits per heavy atom. The SMILES string of the molecule is CCCCCCCCCc1ccc(OS(=O)[O-])cc1.[Cu]. The summed E-state index contributed by atoms with van der Waals surface area (Å²) in [6.07, 6.45) is 10.2. The van der Waals surface area contributed by atoms with Crippen molar-refractivity contribution >= 4 is 11.4 Å². The van der Waals surface area contributed by atoms with Gasteiger partial charge in [0.25, 0.3) is 0 Å². The van der Waals surface area contributed by atoms with Crippen LogP contribution >= 0.6 is 0 Å². The predicted molar refractivity (Wildman–Crippen MR) is 77.7 cm³/mol. The number of rotatable bonds is 10. The molecule has 20 heavy (non-hydrogen) atoms. The predicted octanol–water partition coefficient (Wildman–Crippen LogP) is 4.15. The third kappa shape index (κ3) is 9.54. The summed E-state index contributed by atoms with van der Waals surface area (Å²) in [5, 5.41) is 0. The molecule has 0 amide bonds. The Kier molecular flexibility index (Phi) is 12.2. The van der Waals surface area contributed by atoms with Crippen LogP contribution in [-0.2, 0) is 34.9 Å². The number of hydrogen-bond donors (Lipinski definition) is 0. The fourth-order valence-corrected chi connectivity index (χ4v) is 2.34. The molecular formula is C15H23CuO3S-. The molecule has 3 nitrogen and oxygen atoms in total. The molecule has 0 spiro atoms. The van der Waals surface area contributed by atoms with Gasteiger partial charge in [0.1, 0.15) is 17.1 Å². The summed E-state index contributed by atoms with van der Waals surface area (Å²) in [6, 6.07) is 7.26. The van der Waals surface area contributed by atoms with Crippen LogP contribution in [-0.4, -0.2) is 8.76 Å². The van der Waals surface area contributed by atoms with E-state index in [1.165, 1.54) is 50.5 Å². The van der Waals surface area contributed by atoms with E-state index in [4.69, 9.17) is 0 Å². The van der Waals surface area contributed by atoms with E-state index in [1.807, 2.05) is 12.1 Å². The van der Waals surface area contributed by atoms with Crippen LogP contribution in [0.1, 0.15) is 57.4 Å². The van der Waals surface area contributed by atoms with E-state index in [9.17, 15) is 8.76 Å². The van der Waals surface area contributed by atoms with Gasteiger partial charge in [-0.2, -0.15) is 0 Å². The number of benzene rings is 1. The molecule has 0 fully saturated rings. The van der Waals surface area contributed by atoms with Crippen molar-refractivity contribution in [2.45, 2.75) is 58.3 Å². The van der Waals surface area contributed by atoms with E-state index in [-0.39, 0.29) is 17.1 Å². The maximum Gasteiger partial charge on any atom is 0.139 e. The third-order valence-corrected chi connectivity index (χ3v) is 3.49. The van der Waals surface area contributed by atoms with Crippen LogP contribution in [0.4, 0.5) is 0 Å². The summed E-state index contributed by atoms with van der Waals surface area (Å²) < 4.78 is 25.3. The molecule has 1 radical (unpaired) electrons. The molecule has 119 valence electrons. The first-order valence-electron chi connectivity index (χ1n) is 7.09. The van der Waals surface area contributed by atoms with Gasteiger partial charge in [0.05, 0.1) is 0 Å². The summed E-state index contributed by atoms with van der Waals surface area (Å²) in [4.78, 5) is 0. The van der Waals surface area contributed by atoms with Crippen molar-refractivity contribution in [3.8, 4) is 5.75 Å². The second-order valence-electron chi connectivity index (χ2n) is 4.80. The summed E-state index contributed by atoms with van der Waals surface area (Å²) >= 11 is -2.48. The van der Waals surface area contributed by atoms with Gasteiger partial charge in [0, 0.05) is 17.1 Å². The van der Waals surface area contributed by atoms with Crippen molar-refractivity contribution in [2.24, 2.45) is 0 Å². The third-order valence-electron chi connectivity index (χ3n) is 3.16. The first-order valence-corrected chi connectivity index (χ1v) is 8.09. The molecule has 0 N–H and O–H groups in total. The number of unbranched alkanes of at least 4 members (excludes halogenated alkanes) is 6. The Labute approximate surface area is 135 Å². The first-order chi connectivity index (χ1) is 9.22. The molecule has 1 unspecified atom stereocenters. The van der Waals surface area contributed by atoms with E-state index in [0.717, 1.165) is 6.42 Å². The van der Waals surface area contributed by atoms with Gasteiger partial charge in [-0.1, -0.05) is 57.6 Å². The average Bonchev–Trinajstić information content (AvgIpc) is 2.39. The molecule has 0 saturated heterocycles. The van der Waals surface area contributed by atoms with E-state index < -0.39 is 11.4 Å². The van der Waals surface area contributed by atoms with Gasteiger partial charge in [0.15, 0.2) is 0 Å². The fourth-order valence-electron chi connectivity index (χ4n) is 2.08. The number of aryl methyl sites for hydroxylation is 1. The molecule has 1 rings (SSSR count). The quantitative estimate of drug-likeness (QED) is 0.363. The zero-order chi connectivity index (χ0) is 13.9. The minimum absolute atomic E-state index is 0. The monoisotopic (exact) mass is 346 g/mol. The van der Waals surface area contributed by atoms with Gasteiger partial charge in [0.2, 0.25) is 0 Å². The smallest absolute Gasteiger partial charge is 0.139 e. The maximum atomic E-state index is 10.4. The molecule has 5 heteroatoms. The van der Waals surface area contributed by atoms with Crippen molar-refractivity contribution in [2.75, 3.05) is 0 Å². The molecule has 1 aromatic carbocycles. The number of hydrogen-bond acceptors (Lipinski definition) is 3. The van der Waals surface area contributed by atoms with Gasteiger partial charge in [-0.3, -0.25) is 0 Å². The zero-order valence-electron chi connectivity index (χ0n) is 11.9. The summed E-state index contributed by atoms with van der Waals surface area (Å²) in [6.45, 7) is 2.23. The van der Waals surface area contributed by atoms with E-state index in [0.29, 0.717) is 5.75 Å². The van der Waals surface area contributed by atoms with Crippen LogP contribution in [0.2, 0.25) is 0 Å². The first kappa shape index (κ1) is 19.6. The van der Waals surface area contributed by atoms with Gasteiger partial charge in [-0.05, 0) is 30.5 Å². The van der Waals surface area contributed by atoms with Crippen LogP contribution in [0.15, 0.2) is 24.3 Å². The average molecular weight is 347 g/mol. The van der Waals surface area contributed by atoms with Gasteiger partial charge in [-0.15, -0.1) is 0 Å². The molecule has 1 atom stereocenters. The van der Waals surface area contributed by atoms with Crippen LogP contribution < -0.4 is 4.18 Å². The van der Waals surface area contributed by atoms with E-state index in [1.54, 1.807) is 12.1 Å². The normalized spacial score (nSPS) is 11.7. The molecule has 0 aliphatic heterocycles.